The van der Waals surface area contributed by atoms with Gasteiger partial charge in [-0.2, -0.15) is 0 Å². The molecule has 0 amide bonds. The Kier molecular flexibility index (Phi) is 5.11. The van der Waals surface area contributed by atoms with Crippen molar-refractivity contribution in [3.8, 4) is 0 Å². The smallest absolute Gasteiger partial charge is 0.352 e. The highest BCUT2D eigenvalue weighted by atomic mass is 16.4. The number of carbonyl (C=O) groups is 2. The van der Waals surface area contributed by atoms with Gasteiger partial charge in [0.1, 0.15) is 5.70 Å². The van der Waals surface area contributed by atoms with Crippen LogP contribution in [0.2, 0.25) is 0 Å². The van der Waals surface area contributed by atoms with Crippen LogP contribution >= 0.6 is 0 Å². The van der Waals surface area contributed by atoms with E-state index in [-0.39, 0.29) is 11.5 Å². The molecule has 0 unspecified atom stereocenters. The zero-order chi connectivity index (χ0) is 22.3. The first-order valence-electron chi connectivity index (χ1n) is 10.2. The summed E-state index contributed by atoms with van der Waals surface area (Å²) >= 11 is 0. The highest BCUT2D eigenvalue weighted by molar-refractivity contribution is 6.15. The topological polar surface area (TPSA) is 85.3 Å². The van der Waals surface area contributed by atoms with Gasteiger partial charge in [0.15, 0.2) is 5.78 Å². The van der Waals surface area contributed by atoms with Crippen LogP contribution in [0.1, 0.15) is 40.9 Å². The van der Waals surface area contributed by atoms with Gasteiger partial charge in [0.05, 0.1) is 0 Å². The summed E-state index contributed by atoms with van der Waals surface area (Å²) in [6, 6.07) is 19.2. The lowest BCUT2D eigenvalue weighted by Gasteiger charge is -2.06. The number of aryl methyl sites for hydroxylation is 2. The number of fused-ring (bicyclic) bond motifs is 3. The van der Waals surface area contributed by atoms with Gasteiger partial charge in [-0.05, 0) is 67.8 Å². The van der Waals surface area contributed by atoms with Crippen LogP contribution in [-0.2, 0) is 11.3 Å². The number of hydrogen-bond donors (Lipinski definition) is 2. The summed E-state index contributed by atoms with van der Waals surface area (Å²) in [7, 11) is 0. The minimum atomic E-state index is -1.14. The van der Waals surface area contributed by atoms with E-state index in [0.717, 1.165) is 39.5 Å². The Hall–Kier alpha value is -3.86. The summed E-state index contributed by atoms with van der Waals surface area (Å²) in [6.45, 7) is 6.49. The van der Waals surface area contributed by atoms with Gasteiger partial charge in [-0.3, -0.25) is 4.79 Å². The van der Waals surface area contributed by atoms with Crippen molar-refractivity contribution in [2.45, 2.75) is 27.3 Å². The Morgan fingerprint density at radius 3 is 2.10 bits per heavy atom. The van der Waals surface area contributed by atoms with Gasteiger partial charge in [-0.15, -0.1) is 0 Å². The number of nitrogens with zero attached hydrogens (tertiary/aromatic N) is 1. The van der Waals surface area contributed by atoms with Crippen LogP contribution in [0, 0.1) is 6.92 Å². The molecule has 0 aliphatic carbocycles. The largest absolute Gasteiger partial charge is 0.477 e. The molecule has 0 bridgehead atoms. The van der Waals surface area contributed by atoms with Crippen LogP contribution < -0.4 is 5.73 Å². The molecule has 0 atom stereocenters. The van der Waals surface area contributed by atoms with E-state index in [1.54, 1.807) is 6.92 Å². The van der Waals surface area contributed by atoms with Gasteiger partial charge < -0.3 is 15.4 Å². The van der Waals surface area contributed by atoms with E-state index in [1.807, 2.05) is 67.6 Å². The number of carboxylic acids is 1. The maximum Gasteiger partial charge on any atom is 0.352 e. The van der Waals surface area contributed by atoms with Gasteiger partial charge in [0, 0.05) is 39.5 Å². The number of benzene rings is 3. The number of rotatable bonds is 5. The fourth-order valence-electron chi connectivity index (χ4n) is 4.12. The summed E-state index contributed by atoms with van der Waals surface area (Å²) < 4.78 is 2.19. The molecule has 0 spiro atoms. The third-order valence-electron chi connectivity index (χ3n) is 5.90. The van der Waals surface area contributed by atoms with Crippen molar-refractivity contribution < 1.29 is 14.7 Å². The SMILES string of the molecule is CCn1c2ccc(C(=O)c3ccccc3C)cc2c2cc(C(C)=C(N)C(=O)O)ccc21. The molecule has 31 heavy (non-hydrogen) atoms. The first kappa shape index (κ1) is 20.4. The van der Waals surface area contributed by atoms with Crippen molar-refractivity contribution in [2.24, 2.45) is 5.73 Å². The Balaban J connectivity index is 1.95. The Bertz CT molecular complexity index is 1390. The number of allylic oxidation sites excluding steroid dienone is 1. The summed E-state index contributed by atoms with van der Waals surface area (Å²) in [4.78, 5) is 24.5. The second kappa shape index (κ2) is 7.76. The molecule has 156 valence electrons. The maximum absolute atomic E-state index is 13.2. The first-order chi connectivity index (χ1) is 14.8. The Morgan fingerprint density at radius 2 is 1.52 bits per heavy atom. The van der Waals surface area contributed by atoms with E-state index in [4.69, 9.17) is 5.73 Å². The molecule has 5 heteroatoms. The zero-order valence-electron chi connectivity index (χ0n) is 17.8. The van der Waals surface area contributed by atoms with Crippen molar-refractivity contribution in [3.63, 3.8) is 0 Å². The highest BCUT2D eigenvalue weighted by Crippen LogP contribution is 2.33. The summed E-state index contributed by atoms with van der Waals surface area (Å²) in [5.74, 6) is -1.15. The molecule has 3 aromatic carbocycles. The first-order valence-corrected chi connectivity index (χ1v) is 10.2. The fraction of sp³-hybridized carbons (Fsp3) is 0.154. The minimum absolute atomic E-state index is 0.0141. The summed E-state index contributed by atoms with van der Waals surface area (Å²) in [5.41, 5.74) is 11.2. The van der Waals surface area contributed by atoms with Crippen molar-refractivity contribution >= 4 is 39.1 Å². The number of ketones is 1. The van der Waals surface area contributed by atoms with E-state index in [1.165, 1.54) is 0 Å². The minimum Gasteiger partial charge on any atom is -0.477 e. The molecule has 0 saturated carbocycles. The maximum atomic E-state index is 13.2. The molecule has 4 rings (SSSR count). The van der Waals surface area contributed by atoms with Crippen LogP contribution in [0.5, 0.6) is 0 Å². The summed E-state index contributed by atoms with van der Waals surface area (Å²) in [6.07, 6.45) is 0. The number of carbonyl (C=O) groups excluding carboxylic acids is 1. The average molecular weight is 412 g/mol. The predicted molar refractivity (Wildman–Crippen MR) is 124 cm³/mol. The predicted octanol–water partition coefficient (Wildman–Crippen LogP) is 5.13. The molecular weight excluding hydrogens is 388 g/mol. The molecule has 5 nitrogen and oxygen atoms in total. The lowest BCUT2D eigenvalue weighted by Crippen LogP contribution is -2.11. The van der Waals surface area contributed by atoms with Crippen LogP contribution in [0.4, 0.5) is 0 Å². The Morgan fingerprint density at radius 1 is 0.935 bits per heavy atom. The lowest BCUT2D eigenvalue weighted by molar-refractivity contribution is -0.132. The molecular formula is C26H24N2O3. The number of aliphatic carboxylic acids is 1. The van der Waals surface area contributed by atoms with Crippen LogP contribution in [0.25, 0.3) is 27.4 Å². The number of nitrogens with two attached hydrogens (primary N) is 1. The normalized spacial score (nSPS) is 12.2. The van der Waals surface area contributed by atoms with E-state index in [9.17, 15) is 14.7 Å². The molecule has 0 aliphatic heterocycles. The lowest BCUT2D eigenvalue weighted by atomic mass is 9.97. The third kappa shape index (κ3) is 3.38. The Labute approximate surface area is 180 Å². The number of carboxylic acid groups (broad SMARTS) is 1. The van der Waals surface area contributed by atoms with Crippen LogP contribution in [0.3, 0.4) is 0 Å². The highest BCUT2D eigenvalue weighted by Gasteiger charge is 2.17. The van der Waals surface area contributed by atoms with Gasteiger partial charge in [-0.1, -0.05) is 30.3 Å². The summed E-state index contributed by atoms with van der Waals surface area (Å²) in [5, 5.41) is 11.2. The molecule has 0 aliphatic rings. The molecule has 0 saturated heterocycles. The van der Waals surface area contributed by atoms with Gasteiger partial charge >= 0.3 is 5.97 Å². The van der Waals surface area contributed by atoms with Crippen molar-refractivity contribution in [1.29, 1.82) is 0 Å². The molecule has 0 radical (unpaired) electrons. The molecule has 1 heterocycles. The van der Waals surface area contributed by atoms with Gasteiger partial charge in [0.25, 0.3) is 0 Å². The van der Waals surface area contributed by atoms with E-state index in [0.29, 0.717) is 16.7 Å². The standard InChI is InChI=1S/C26H24N2O3/c1-4-28-22-11-9-17(16(3)24(27)26(30)31)13-20(22)21-14-18(10-12-23(21)28)25(29)19-8-6-5-7-15(19)2/h5-14H,4,27H2,1-3H3,(H,30,31). The van der Waals surface area contributed by atoms with Gasteiger partial charge in [0.2, 0.25) is 0 Å². The van der Waals surface area contributed by atoms with Crippen molar-refractivity contribution in [3.05, 3.63) is 88.6 Å². The van der Waals surface area contributed by atoms with Crippen molar-refractivity contribution in [1.82, 2.24) is 4.57 Å². The molecule has 0 fully saturated rings. The zero-order valence-corrected chi connectivity index (χ0v) is 17.8. The quantitative estimate of drug-likeness (QED) is 0.352. The monoisotopic (exact) mass is 412 g/mol. The van der Waals surface area contributed by atoms with Crippen molar-refractivity contribution in [2.75, 3.05) is 0 Å². The van der Waals surface area contributed by atoms with E-state index >= 15 is 0 Å². The second-order valence-corrected chi connectivity index (χ2v) is 7.70. The van der Waals surface area contributed by atoms with Gasteiger partial charge in [-0.25, -0.2) is 4.79 Å². The molecule has 4 aromatic rings. The fourth-order valence-corrected chi connectivity index (χ4v) is 4.12. The van der Waals surface area contributed by atoms with E-state index in [2.05, 4.69) is 11.5 Å². The molecule has 1 aromatic heterocycles. The van der Waals surface area contributed by atoms with Crippen LogP contribution in [-0.4, -0.2) is 21.4 Å². The van der Waals surface area contributed by atoms with E-state index < -0.39 is 5.97 Å². The number of aromatic nitrogens is 1. The second-order valence-electron chi connectivity index (χ2n) is 7.70. The average Bonchev–Trinajstić information content (AvgIpc) is 3.10. The number of hydrogen-bond acceptors (Lipinski definition) is 3. The molecule has 3 N–H and O–H groups in total. The third-order valence-corrected chi connectivity index (χ3v) is 5.90. The van der Waals surface area contributed by atoms with Crippen LogP contribution in [0.15, 0.2) is 66.4 Å².